The van der Waals surface area contributed by atoms with Gasteiger partial charge in [0.15, 0.2) is 0 Å². The number of sulfonamides is 1. The lowest BCUT2D eigenvalue weighted by Gasteiger charge is -2.33. The van der Waals surface area contributed by atoms with Crippen LogP contribution in [0.2, 0.25) is 0 Å². The van der Waals surface area contributed by atoms with Gasteiger partial charge in [0.25, 0.3) is 0 Å². The van der Waals surface area contributed by atoms with Crippen LogP contribution in [0.4, 0.5) is 4.39 Å². The van der Waals surface area contributed by atoms with Gasteiger partial charge in [-0.3, -0.25) is 4.79 Å². The van der Waals surface area contributed by atoms with Crippen LogP contribution in [0.25, 0.3) is 0 Å². The molecule has 0 saturated carbocycles. The fourth-order valence-corrected chi connectivity index (χ4v) is 3.98. The first-order chi connectivity index (χ1) is 10.9. The summed E-state index contributed by atoms with van der Waals surface area (Å²) in [6.07, 6.45) is 1.58. The van der Waals surface area contributed by atoms with E-state index in [0.717, 1.165) is 25.1 Å². The highest BCUT2D eigenvalue weighted by molar-refractivity contribution is 7.89. The van der Waals surface area contributed by atoms with Crippen LogP contribution in [0.3, 0.4) is 0 Å². The molecule has 6 nitrogen and oxygen atoms in total. The Hall–Kier alpha value is -1.22. The number of unbranched alkanes of at least 4 members (excludes halogenated alkanes) is 1. The van der Waals surface area contributed by atoms with Gasteiger partial charge >= 0.3 is 5.97 Å². The highest BCUT2D eigenvalue weighted by Crippen LogP contribution is 2.18. The minimum atomic E-state index is -3.58. The number of piperazine rings is 1. The highest BCUT2D eigenvalue weighted by atomic mass is 35.5. The van der Waals surface area contributed by atoms with Gasteiger partial charge in [0, 0.05) is 32.6 Å². The molecule has 0 amide bonds. The van der Waals surface area contributed by atoms with Crippen molar-refractivity contribution in [1.82, 2.24) is 9.21 Å². The summed E-state index contributed by atoms with van der Waals surface area (Å²) in [5, 5.41) is 8.59. The molecule has 2 rings (SSSR count). The zero-order chi connectivity index (χ0) is 16.9. The fraction of sp³-hybridized carbons (Fsp3) is 0.533. The number of benzene rings is 1. The third kappa shape index (κ3) is 5.70. The van der Waals surface area contributed by atoms with E-state index in [1.165, 1.54) is 16.4 Å². The smallest absolute Gasteiger partial charge is 0.303 e. The van der Waals surface area contributed by atoms with Crippen LogP contribution in [-0.4, -0.2) is 61.4 Å². The molecule has 1 fully saturated rings. The van der Waals surface area contributed by atoms with Gasteiger partial charge in [-0.2, -0.15) is 4.31 Å². The van der Waals surface area contributed by atoms with Crippen LogP contribution in [0, 0.1) is 5.82 Å². The van der Waals surface area contributed by atoms with Crippen molar-refractivity contribution >= 4 is 28.4 Å². The summed E-state index contributed by atoms with van der Waals surface area (Å²) in [5.74, 6) is -1.25. The Morgan fingerprint density at radius 2 is 1.67 bits per heavy atom. The van der Waals surface area contributed by atoms with Gasteiger partial charge in [-0.05, 0) is 43.7 Å². The molecular weight excluding hydrogens is 359 g/mol. The summed E-state index contributed by atoms with van der Waals surface area (Å²) in [7, 11) is -3.58. The standard InChI is InChI=1S/C15H21FN2O4S.ClH/c16-13-4-6-14(7-5-13)23(21,22)18-11-9-17(10-12-18)8-2-1-3-15(19)20;/h4-7H,1-3,8-12H2,(H,19,20);1H. The lowest BCUT2D eigenvalue weighted by molar-refractivity contribution is -0.137. The molecule has 1 heterocycles. The Bertz CT molecular complexity index is 631. The van der Waals surface area contributed by atoms with Gasteiger partial charge < -0.3 is 10.0 Å². The predicted octanol–water partition coefficient (Wildman–Crippen LogP) is 1.81. The van der Waals surface area contributed by atoms with Crippen LogP contribution >= 0.6 is 12.4 Å². The first kappa shape index (κ1) is 20.8. The zero-order valence-corrected chi connectivity index (χ0v) is 14.9. The van der Waals surface area contributed by atoms with Crippen LogP contribution in [-0.2, 0) is 14.8 Å². The first-order valence-electron chi connectivity index (χ1n) is 7.59. The number of hydrogen-bond donors (Lipinski definition) is 1. The van der Waals surface area contributed by atoms with Gasteiger partial charge in [-0.1, -0.05) is 0 Å². The molecule has 0 radical (unpaired) electrons. The quantitative estimate of drug-likeness (QED) is 0.730. The molecule has 1 aliphatic heterocycles. The molecule has 136 valence electrons. The van der Waals surface area contributed by atoms with E-state index in [9.17, 15) is 17.6 Å². The van der Waals surface area contributed by atoms with Crippen LogP contribution in [0.5, 0.6) is 0 Å². The number of carboxylic acid groups (broad SMARTS) is 1. The third-order valence-corrected chi connectivity index (χ3v) is 5.81. The van der Waals surface area contributed by atoms with Crippen molar-refractivity contribution < 1.29 is 22.7 Å². The predicted molar refractivity (Wildman–Crippen MR) is 90.3 cm³/mol. The highest BCUT2D eigenvalue weighted by Gasteiger charge is 2.28. The fourth-order valence-electron chi connectivity index (χ4n) is 2.56. The second-order valence-corrected chi connectivity index (χ2v) is 7.49. The number of nitrogens with zero attached hydrogens (tertiary/aromatic N) is 2. The van der Waals surface area contributed by atoms with E-state index < -0.39 is 21.8 Å². The van der Waals surface area contributed by atoms with Gasteiger partial charge in [-0.25, -0.2) is 12.8 Å². The van der Waals surface area contributed by atoms with E-state index >= 15 is 0 Å². The third-order valence-electron chi connectivity index (χ3n) is 3.90. The molecule has 1 aromatic rings. The minimum absolute atomic E-state index is 0. The van der Waals surface area contributed by atoms with Crippen molar-refractivity contribution in [3.8, 4) is 0 Å². The number of carboxylic acids is 1. The first-order valence-corrected chi connectivity index (χ1v) is 9.03. The largest absolute Gasteiger partial charge is 0.481 e. The summed E-state index contributed by atoms with van der Waals surface area (Å²) in [4.78, 5) is 12.7. The second-order valence-electron chi connectivity index (χ2n) is 5.55. The van der Waals surface area contributed by atoms with Gasteiger partial charge in [0.05, 0.1) is 4.90 Å². The van der Waals surface area contributed by atoms with Gasteiger partial charge in [0.1, 0.15) is 5.82 Å². The Kier molecular flexibility index (Phi) is 8.08. The van der Waals surface area contributed by atoms with E-state index in [4.69, 9.17) is 5.11 Å². The number of carbonyl (C=O) groups is 1. The van der Waals surface area contributed by atoms with Crippen molar-refractivity contribution in [2.24, 2.45) is 0 Å². The van der Waals surface area contributed by atoms with Gasteiger partial charge in [-0.15, -0.1) is 12.4 Å². The Morgan fingerprint density at radius 1 is 1.08 bits per heavy atom. The topological polar surface area (TPSA) is 77.9 Å². The average molecular weight is 381 g/mol. The van der Waals surface area contributed by atoms with Crippen LogP contribution < -0.4 is 0 Å². The molecular formula is C15H22ClFN2O4S. The number of hydrogen-bond acceptors (Lipinski definition) is 4. The molecule has 0 atom stereocenters. The Labute approximate surface area is 147 Å². The number of aliphatic carboxylic acids is 1. The molecule has 9 heteroatoms. The molecule has 1 saturated heterocycles. The molecule has 1 N–H and O–H groups in total. The van der Waals surface area contributed by atoms with Crippen molar-refractivity contribution in [2.75, 3.05) is 32.7 Å². The maximum atomic E-state index is 12.9. The van der Waals surface area contributed by atoms with Crippen LogP contribution in [0.15, 0.2) is 29.2 Å². The van der Waals surface area contributed by atoms with Crippen molar-refractivity contribution in [3.05, 3.63) is 30.1 Å². The SMILES string of the molecule is Cl.O=C(O)CCCCN1CCN(S(=O)(=O)c2ccc(F)cc2)CC1. The summed E-state index contributed by atoms with van der Waals surface area (Å²) in [5.41, 5.74) is 0. The number of halogens is 2. The molecule has 0 bridgehead atoms. The molecule has 24 heavy (non-hydrogen) atoms. The second kappa shape index (κ2) is 9.31. The minimum Gasteiger partial charge on any atom is -0.481 e. The number of rotatable bonds is 7. The lowest BCUT2D eigenvalue weighted by Crippen LogP contribution is -2.48. The maximum absolute atomic E-state index is 12.9. The van der Waals surface area contributed by atoms with E-state index in [-0.39, 0.29) is 23.7 Å². The van der Waals surface area contributed by atoms with Crippen molar-refractivity contribution in [2.45, 2.75) is 24.2 Å². The Morgan fingerprint density at radius 3 is 2.21 bits per heavy atom. The van der Waals surface area contributed by atoms with Crippen LogP contribution in [0.1, 0.15) is 19.3 Å². The summed E-state index contributed by atoms with van der Waals surface area (Å²) < 4.78 is 39.2. The summed E-state index contributed by atoms with van der Waals surface area (Å²) >= 11 is 0. The molecule has 0 aliphatic carbocycles. The molecule has 0 spiro atoms. The van der Waals surface area contributed by atoms with Gasteiger partial charge in [0.2, 0.25) is 10.0 Å². The van der Waals surface area contributed by atoms with E-state index in [2.05, 4.69) is 4.90 Å². The van der Waals surface area contributed by atoms with E-state index in [0.29, 0.717) is 32.6 Å². The van der Waals surface area contributed by atoms with Crippen molar-refractivity contribution in [3.63, 3.8) is 0 Å². The van der Waals surface area contributed by atoms with E-state index in [1.807, 2.05) is 0 Å². The molecule has 1 aromatic carbocycles. The molecule has 0 unspecified atom stereocenters. The monoisotopic (exact) mass is 380 g/mol. The summed E-state index contributed by atoms with van der Waals surface area (Å²) in [6.45, 7) is 2.79. The Balaban J connectivity index is 0.00000288. The normalized spacial score (nSPS) is 16.5. The van der Waals surface area contributed by atoms with E-state index in [1.54, 1.807) is 0 Å². The lowest BCUT2D eigenvalue weighted by atomic mass is 10.2. The maximum Gasteiger partial charge on any atom is 0.303 e. The average Bonchev–Trinajstić information content (AvgIpc) is 2.52. The zero-order valence-electron chi connectivity index (χ0n) is 13.2. The van der Waals surface area contributed by atoms with Crippen molar-refractivity contribution in [1.29, 1.82) is 0 Å². The molecule has 1 aliphatic rings. The molecule has 0 aromatic heterocycles. The summed E-state index contributed by atoms with van der Waals surface area (Å²) in [6, 6.07) is 4.85.